The van der Waals surface area contributed by atoms with Crippen molar-refractivity contribution < 1.29 is 36.6 Å². The van der Waals surface area contributed by atoms with Crippen molar-refractivity contribution in [2.24, 2.45) is 0 Å². The van der Waals surface area contributed by atoms with Crippen molar-refractivity contribution in [1.29, 1.82) is 0 Å². The zero-order valence-corrected chi connectivity index (χ0v) is 17.4. The molecule has 1 aliphatic rings. The van der Waals surface area contributed by atoms with Crippen LogP contribution in [0.25, 0.3) is 0 Å². The van der Waals surface area contributed by atoms with Crippen molar-refractivity contribution in [2.45, 2.75) is 24.3 Å². The summed E-state index contributed by atoms with van der Waals surface area (Å²) in [5.74, 6) is -1.31. The molecule has 0 fully saturated rings. The van der Waals surface area contributed by atoms with Gasteiger partial charge < -0.3 is 19.5 Å². The maximum atomic E-state index is 12.9. The van der Waals surface area contributed by atoms with Gasteiger partial charge in [-0.05, 0) is 43.3 Å². The van der Waals surface area contributed by atoms with Crippen LogP contribution in [0.1, 0.15) is 13.3 Å². The number of amides is 1. The minimum atomic E-state index is -4.03. The van der Waals surface area contributed by atoms with Crippen LogP contribution in [-0.2, 0) is 24.3 Å². The molecular formula is C20H21FN2O7S. The highest BCUT2D eigenvalue weighted by Crippen LogP contribution is 2.31. The van der Waals surface area contributed by atoms with Crippen molar-refractivity contribution in [2.75, 3.05) is 25.1 Å². The van der Waals surface area contributed by atoms with E-state index in [9.17, 15) is 22.4 Å². The molecular weight excluding hydrogens is 431 g/mol. The molecule has 0 aliphatic carbocycles. The molecule has 2 aromatic rings. The van der Waals surface area contributed by atoms with Crippen LogP contribution < -0.4 is 19.5 Å². The highest BCUT2D eigenvalue weighted by Gasteiger charge is 2.22. The Bertz CT molecular complexity index is 1060. The van der Waals surface area contributed by atoms with E-state index in [1.807, 2.05) is 0 Å². The Balaban J connectivity index is 1.53. The second kappa shape index (κ2) is 9.75. The van der Waals surface area contributed by atoms with Crippen LogP contribution in [0.3, 0.4) is 0 Å². The smallest absolute Gasteiger partial charge is 0.321 e. The number of fused-ring (bicyclic) bond motifs is 1. The van der Waals surface area contributed by atoms with Gasteiger partial charge in [-0.2, -0.15) is 4.72 Å². The van der Waals surface area contributed by atoms with Gasteiger partial charge in [-0.15, -0.1) is 0 Å². The van der Waals surface area contributed by atoms with Crippen LogP contribution >= 0.6 is 0 Å². The van der Waals surface area contributed by atoms with Gasteiger partial charge in [-0.3, -0.25) is 9.59 Å². The van der Waals surface area contributed by atoms with Crippen LogP contribution in [0.2, 0.25) is 0 Å². The molecule has 1 atom stereocenters. The summed E-state index contributed by atoms with van der Waals surface area (Å²) < 4.78 is 55.9. The van der Waals surface area contributed by atoms with E-state index in [2.05, 4.69) is 10.0 Å². The summed E-state index contributed by atoms with van der Waals surface area (Å²) in [6, 6.07) is 9.17. The lowest BCUT2D eigenvalue weighted by Gasteiger charge is -2.14. The number of benzene rings is 2. The monoisotopic (exact) mass is 452 g/mol. The van der Waals surface area contributed by atoms with Gasteiger partial charge in [0.25, 0.3) is 5.91 Å². The van der Waals surface area contributed by atoms with Gasteiger partial charge in [-0.1, -0.05) is 0 Å². The number of ether oxygens (including phenoxy) is 3. The number of rotatable bonds is 7. The fourth-order valence-electron chi connectivity index (χ4n) is 2.62. The standard InChI is InChI=1S/C20H21FN2O7S/c1-13(20(25)23-15-5-3-14(21)4-6-15)30-19(24)12-22-31(26,27)16-7-8-17-18(11-16)29-10-2-9-28-17/h3-8,11,13,22H,2,9-10,12H2,1H3,(H,23,25). The number of carbonyl (C=O) groups is 2. The van der Waals surface area contributed by atoms with Gasteiger partial charge in [-0.25, -0.2) is 12.8 Å². The number of hydrogen-bond donors (Lipinski definition) is 2. The third-order valence-electron chi connectivity index (χ3n) is 4.23. The van der Waals surface area contributed by atoms with Gasteiger partial charge in [0.2, 0.25) is 10.0 Å². The van der Waals surface area contributed by atoms with Crippen LogP contribution in [0.4, 0.5) is 10.1 Å². The predicted octanol–water partition coefficient (Wildman–Crippen LogP) is 1.84. The molecule has 11 heteroatoms. The van der Waals surface area contributed by atoms with Gasteiger partial charge in [0, 0.05) is 18.2 Å². The summed E-state index contributed by atoms with van der Waals surface area (Å²) in [7, 11) is -4.03. The number of sulfonamides is 1. The quantitative estimate of drug-likeness (QED) is 0.615. The van der Waals surface area contributed by atoms with E-state index in [4.69, 9.17) is 14.2 Å². The first-order chi connectivity index (χ1) is 14.7. The van der Waals surface area contributed by atoms with Crippen LogP contribution in [0.15, 0.2) is 47.4 Å². The maximum absolute atomic E-state index is 12.9. The number of anilines is 1. The predicted molar refractivity (Wildman–Crippen MR) is 108 cm³/mol. The highest BCUT2D eigenvalue weighted by atomic mass is 32.2. The summed E-state index contributed by atoms with van der Waals surface area (Å²) in [4.78, 5) is 24.0. The summed E-state index contributed by atoms with van der Waals surface area (Å²) in [5, 5.41) is 2.46. The minimum absolute atomic E-state index is 0.105. The molecule has 2 aromatic carbocycles. The molecule has 2 N–H and O–H groups in total. The molecule has 0 bridgehead atoms. The molecule has 1 heterocycles. The zero-order valence-electron chi connectivity index (χ0n) is 16.6. The number of carbonyl (C=O) groups excluding carboxylic acids is 2. The van der Waals surface area contributed by atoms with Crippen molar-refractivity contribution in [3.8, 4) is 11.5 Å². The van der Waals surface area contributed by atoms with Gasteiger partial charge in [0.15, 0.2) is 17.6 Å². The van der Waals surface area contributed by atoms with Crippen LogP contribution in [0, 0.1) is 5.82 Å². The first kappa shape index (κ1) is 22.5. The Labute approximate surface area is 178 Å². The fourth-order valence-corrected chi connectivity index (χ4v) is 3.60. The normalized spacial score (nSPS) is 14.3. The molecule has 3 rings (SSSR count). The summed E-state index contributed by atoms with van der Waals surface area (Å²) in [6.45, 7) is 1.52. The molecule has 31 heavy (non-hydrogen) atoms. The molecule has 0 spiro atoms. The third kappa shape index (κ3) is 6.15. The maximum Gasteiger partial charge on any atom is 0.321 e. The molecule has 1 aliphatic heterocycles. The molecule has 9 nitrogen and oxygen atoms in total. The third-order valence-corrected chi connectivity index (χ3v) is 5.62. The summed E-state index contributed by atoms with van der Waals surface area (Å²) >= 11 is 0. The lowest BCUT2D eigenvalue weighted by Crippen LogP contribution is -2.35. The lowest BCUT2D eigenvalue weighted by molar-refractivity contribution is -0.151. The molecule has 1 unspecified atom stereocenters. The van der Waals surface area contributed by atoms with Crippen LogP contribution in [0.5, 0.6) is 11.5 Å². The Morgan fingerprint density at radius 1 is 1.10 bits per heavy atom. The van der Waals surface area contributed by atoms with Gasteiger partial charge in [0.1, 0.15) is 12.4 Å². The Morgan fingerprint density at radius 3 is 2.48 bits per heavy atom. The molecule has 0 saturated heterocycles. The largest absolute Gasteiger partial charge is 0.490 e. The number of nitrogens with one attached hydrogen (secondary N) is 2. The molecule has 0 radical (unpaired) electrons. The number of halogens is 1. The van der Waals surface area contributed by atoms with E-state index in [0.717, 1.165) is 0 Å². The summed E-state index contributed by atoms with van der Waals surface area (Å²) in [6.07, 6.45) is -0.520. The van der Waals surface area contributed by atoms with Crippen LogP contribution in [-0.4, -0.2) is 46.2 Å². The zero-order chi connectivity index (χ0) is 22.4. The Hall–Kier alpha value is -3.18. The van der Waals surface area contributed by atoms with Crippen molar-refractivity contribution in [1.82, 2.24) is 4.72 Å². The Kier molecular flexibility index (Phi) is 7.08. The van der Waals surface area contributed by atoms with E-state index >= 15 is 0 Å². The number of hydrogen-bond acceptors (Lipinski definition) is 7. The van der Waals surface area contributed by atoms with E-state index in [-0.39, 0.29) is 4.90 Å². The SMILES string of the molecule is CC(OC(=O)CNS(=O)(=O)c1ccc2c(c1)OCCCO2)C(=O)Nc1ccc(F)cc1. The first-order valence-corrected chi connectivity index (χ1v) is 10.9. The van der Waals surface area contributed by atoms with Gasteiger partial charge in [0.05, 0.1) is 18.1 Å². The van der Waals surface area contributed by atoms with E-state index in [1.165, 1.54) is 49.4 Å². The highest BCUT2D eigenvalue weighted by molar-refractivity contribution is 7.89. The molecule has 0 saturated carbocycles. The average Bonchev–Trinajstić information content (AvgIpc) is 2.99. The lowest BCUT2D eigenvalue weighted by atomic mass is 10.3. The topological polar surface area (TPSA) is 120 Å². The Morgan fingerprint density at radius 2 is 1.77 bits per heavy atom. The van der Waals surface area contributed by atoms with E-state index in [1.54, 1.807) is 0 Å². The van der Waals surface area contributed by atoms with Crippen molar-refractivity contribution in [3.05, 3.63) is 48.3 Å². The van der Waals surface area contributed by atoms with Gasteiger partial charge >= 0.3 is 5.97 Å². The van der Waals surface area contributed by atoms with E-state index in [0.29, 0.717) is 36.8 Å². The fraction of sp³-hybridized carbons (Fsp3) is 0.300. The molecule has 166 valence electrons. The first-order valence-electron chi connectivity index (χ1n) is 9.40. The number of esters is 1. The average molecular weight is 452 g/mol. The minimum Gasteiger partial charge on any atom is -0.490 e. The van der Waals surface area contributed by atoms with E-state index < -0.39 is 40.4 Å². The molecule has 0 aromatic heterocycles. The second-order valence-electron chi connectivity index (χ2n) is 6.61. The second-order valence-corrected chi connectivity index (χ2v) is 8.38. The van der Waals surface area contributed by atoms with Crippen molar-refractivity contribution >= 4 is 27.6 Å². The molecule has 1 amide bonds. The van der Waals surface area contributed by atoms with Crippen molar-refractivity contribution in [3.63, 3.8) is 0 Å². The summed E-state index contributed by atoms with van der Waals surface area (Å²) in [5.41, 5.74) is 0.324.